The number of likely N-dealkylation sites (N-methyl/N-ethyl adjacent to an activating group) is 4. The fraction of sp³-hybridized carbons (Fsp3) is 0.286. The van der Waals surface area contributed by atoms with Crippen LogP contribution in [-0.4, -0.2) is 184 Å². The molecule has 8 aromatic heterocycles. The van der Waals surface area contributed by atoms with Crippen molar-refractivity contribution in [3.05, 3.63) is 286 Å². The Hall–Kier alpha value is -14.8. The number of rotatable bonds is 15. The van der Waals surface area contributed by atoms with Gasteiger partial charge in [0.05, 0.1) is 79.8 Å². The molecule has 125 heavy (non-hydrogen) atoms. The Labute approximate surface area is 703 Å². The summed E-state index contributed by atoms with van der Waals surface area (Å²) in [5, 5.41) is 31.9. The molecule has 8 aliphatic rings. The van der Waals surface area contributed by atoms with Crippen molar-refractivity contribution in [3.63, 3.8) is 0 Å². The molecule has 20 rings (SSSR count). The van der Waals surface area contributed by atoms with Crippen molar-refractivity contribution in [2.45, 2.75) is 99.7 Å². The number of nitrogens with one attached hydrogen (secondary N) is 3. The van der Waals surface area contributed by atoms with Crippen LogP contribution in [0.4, 0.5) is 58.4 Å². The van der Waals surface area contributed by atoms with Crippen molar-refractivity contribution in [1.29, 1.82) is 0 Å². The van der Waals surface area contributed by atoms with Gasteiger partial charge in [-0.05, 0) is 73.6 Å². The molecule has 0 bridgehead atoms. The van der Waals surface area contributed by atoms with Gasteiger partial charge in [-0.15, -0.1) is 0 Å². The molecule has 0 radical (unpaired) electrons. The van der Waals surface area contributed by atoms with Gasteiger partial charge in [0, 0.05) is 124 Å². The van der Waals surface area contributed by atoms with E-state index in [2.05, 4.69) is 76.2 Å². The van der Waals surface area contributed by atoms with E-state index in [4.69, 9.17) is 10.8 Å². The Balaban J connectivity index is 0.000000118. The molecule has 0 saturated heterocycles. The zero-order valence-corrected chi connectivity index (χ0v) is 66.5. The van der Waals surface area contributed by atoms with Crippen LogP contribution in [0.3, 0.4) is 0 Å². The predicted molar refractivity (Wildman–Crippen MR) is 425 cm³/mol. The third kappa shape index (κ3) is 17.3. The van der Waals surface area contributed by atoms with Crippen LogP contribution in [0.1, 0.15) is 136 Å². The molecule has 4 saturated carbocycles. The minimum Gasteiger partial charge on any atom is -0.476 e. The number of fused-ring (bicyclic) bond motifs is 12. The van der Waals surface area contributed by atoms with Crippen LogP contribution in [0.25, 0.3) is 0 Å². The van der Waals surface area contributed by atoms with Gasteiger partial charge in [-0.2, -0.15) is 20.4 Å². The molecule has 12 atom stereocenters. The number of hydrogen-bond donors (Lipinski definition) is 5. The lowest BCUT2D eigenvalue weighted by Gasteiger charge is -2.22. The van der Waals surface area contributed by atoms with Crippen molar-refractivity contribution in [3.8, 4) is 0 Å². The summed E-state index contributed by atoms with van der Waals surface area (Å²) in [4.78, 5) is 140. The zero-order chi connectivity index (χ0) is 88.1. The normalized spacial score (nSPS) is 21.6. The number of carbonyl (C=O) groups excluding carboxylic acids is 7. The predicted octanol–water partition coefficient (Wildman–Crippen LogP) is 7.43. The average Bonchev–Trinajstić information content (AvgIpc) is 1.59. The molecule has 4 fully saturated rings. The molecule has 4 aromatic carbocycles. The molecule has 12 heterocycles. The van der Waals surface area contributed by atoms with Crippen molar-refractivity contribution in [1.82, 2.24) is 94.9 Å². The van der Waals surface area contributed by atoms with Crippen molar-refractivity contribution in [2.24, 2.45) is 29.4 Å². The van der Waals surface area contributed by atoms with E-state index in [1.807, 2.05) is 0 Å². The van der Waals surface area contributed by atoms with Crippen LogP contribution in [0, 0.1) is 70.2 Å². The number of nitrogens with zero attached hydrogens (tertiary/aromatic N) is 20. The number of carboxylic acids is 1. The second kappa shape index (κ2) is 34.6. The zero-order valence-electron chi connectivity index (χ0n) is 66.5. The maximum Gasteiger partial charge on any atom is 0.359 e. The van der Waals surface area contributed by atoms with E-state index in [0.29, 0.717) is 70.7 Å². The van der Waals surface area contributed by atoms with Crippen molar-refractivity contribution >= 4 is 70.6 Å². The van der Waals surface area contributed by atoms with E-state index < -0.39 is 117 Å². The van der Waals surface area contributed by atoms with Crippen molar-refractivity contribution in [2.75, 3.05) is 47.8 Å². The van der Waals surface area contributed by atoms with Crippen molar-refractivity contribution < 1.29 is 78.6 Å². The number of aromatic nitrogens is 16. The van der Waals surface area contributed by atoms with Gasteiger partial charge < -0.3 is 26.8 Å². The largest absolute Gasteiger partial charge is 0.476 e. The van der Waals surface area contributed by atoms with Gasteiger partial charge in [-0.3, -0.25) is 91.8 Å². The summed E-state index contributed by atoms with van der Waals surface area (Å²) in [6.45, 7) is -0.102. The van der Waals surface area contributed by atoms with E-state index in [1.165, 1.54) is 74.6 Å². The highest BCUT2D eigenvalue weighted by Gasteiger charge is 2.57. The minimum absolute atomic E-state index is 0.00589. The summed E-state index contributed by atoms with van der Waals surface area (Å²) in [6.07, 6.45) is 19.6. The third-order valence-electron chi connectivity index (χ3n) is 22.7. The van der Waals surface area contributed by atoms with Crippen LogP contribution in [0.5, 0.6) is 0 Å². The Bertz CT molecular complexity index is 5810. The second-order valence-corrected chi connectivity index (χ2v) is 30.8. The van der Waals surface area contributed by atoms with Gasteiger partial charge in [-0.25, -0.2) is 59.9 Å². The van der Waals surface area contributed by atoms with Gasteiger partial charge in [0.1, 0.15) is 41.4 Å². The second-order valence-electron chi connectivity index (χ2n) is 30.8. The fourth-order valence-corrected chi connectivity index (χ4v) is 15.9. The first-order valence-corrected chi connectivity index (χ1v) is 39.2. The number of anilines is 4. The topological polar surface area (TPSA) is 406 Å². The number of carbonyl (C=O) groups is 8. The molecule has 4 aliphatic carbocycles. The first kappa shape index (κ1) is 83.8. The standard InChI is InChI=1S/3C21H18F2N6O2.C11H8F2N2O2.C10H12N4O/c3*1-28-19-16(24-6-7-25-19)12-8-13(12)17(21(28)31)26-20(30)18-15(23)10-29(27-18)9-11-4-2-3-5-14(11)22;12-8-4-2-1-3-7(8)5-15-6-9(13)10(14-15)11(16)17;1-14-9-8(12-2-3-13-9)6-4-5(6)7(11)10(14)15/h3*2-7,10,12-13,17H,8-9H2,1H3,(H,26,30);1-4,6H,5H2,(H,16,17);2-3,5-7H,4,11H2,1H3/t12-,13?,17+;2*12-,13+,17+;;5-,6+,7-/m110.0/s1. The summed E-state index contributed by atoms with van der Waals surface area (Å²) >= 11 is 0. The lowest BCUT2D eigenvalue weighted by atomic mass is 10.1. The first-order chi connectivity index (χ1) is 60.1. The lowest BCUT2D eigenvalue weighted by Crippen LogP contribution is -2.48. The van der Waals surface area contributed by atoms with Crippen LogP contribution in [0.15, 0.2) is 171 Å². The summed E-state index contributed by atoms with van der Waals surface area (Å²) in [7, 11) is 6.43. The van der Waals surface area contributed by atoms with Crippen LogP contribution >= 0.6 is 0 Å². The smallest absolute Gasteiger partial charge is 0.359 e. The third-order valence-corrected chi connectivity index (χ3v) is 22.7. The monoisotopic (exact) mass is 1710 g/mol. The molecular formula is C84H74F8N24O9. The number of halogens is 8. The maximum atomic E-state index is 14.4. The van der Waals surface area contributed by atoms with Gasteiger partial charge >= 0.3 is 5.97 Å². The van der Waals surface area contributed by atoms with E-state index >= 15 is 0 Å². The number of hydrogen-bond acceptors (Lipinski definition) is 21. The quantitative estimate of drug-likeness (QED) is 0.0623. The Morgan fingerprint density at radius 1 is 0.344 bits per heavy atom. The average molecular weight is 1720 g/mol. The molecule has 4 aliphatic heterocycles. The molecule has 1 unspecified atom stereocenters. The molecule has 33 nitrogen and oxygen atoms in total. The van der Waals surface area contributed by atoms with Crippen LogP contribution in [0.2, 0.25) is 0 Å². The molecule has 12 aromatic rings. The maximum absolute atomic E-state index is 14.4. The highest BCUT2D eigenvalue weighted by Crippen LogP contribution is 2.56. The summed E-state index contributed by atoms with van der Waals surface area (Å²) in [5.74, 6) is -7.90. The minimum atomic E-state index is -1.45. The molecule has 640 valence electrons. The number of carboxylic acid groups (broad SMARTS) is 1. The molecule has 0 spiro atoms. The van der Waals surface area contributed by atoms with E-state index in [9.17, 15) is 73.5 Å². The van der Waals surface area contributed by atoms with E-state index in [-0.39, 0.29) is 91.2 Å². The fourth-order valence-electron chi connectivity index (χ4n) is 15.9. The highest BCUT2D eigenvalue weighted by atomic mass is 19.2. The Morgan fingerprint density at radius 3 is 0.840 bits per heavy atom. The molecule has 41 heteroatoms. The molecule has 7 amide bonds. The summed E-state index contributed by atoms with van der Waals surface area (Å²) in [5.41, 5.74) is 8.24. The molecular weight excluding hydrogens is 1640 g/mol. The van der Waals surface area contributed by atoms with Gasteiger partial charge in [0.15, 0.2) is 63.6 Å². The lowest BCUT2D eigenvalue weighted by molar-refractivity contribution is -0.121. The summed E-state index contributed by atoms with van der Waals surface area (Å²) < 4.78 is 116. The number of amides is 7. The number of nitrogens with two attached hydrogens (primary N) is 1. The highest BCUT2D eigenvalue weighted by molar-refractivity contribution is 6.05. The van der Waals surface area contributed by atoms with E-state index in [1.54, 1.807) is 120 Å². The van der Waals surface area contributed by atoms with Gasteiger partial charge in [-0.1, -0.05) is 72.8 Å². The summed E-state index contributed by atoms with van der Waals surface area (Å²) in [6, 6.07) is 21.3. The van der Waals surface area contributed by atoms with Gasteiger partial charge in [0.2, 0.25) is 11.6 Å². The van der Waals surface area contributed by atoms with E-state index in [0.717, 1.165) is 72.7 Å². The van der Waals surface area contributed by atoms with Crippen LogP contribution in [-0.2, 0) is 45.4 Å². The number of aromatic carboxylic acids is 1. The van der Waals surface area contributed by atoms with Gasteiger partial charge in [0.25, 0.3) is 35.4 Å². The first-order valence-electron chi connectivity index (χ1n) is 39.2. The Kier molecular flexibility index (Phi) is 23.2. The SMILES string of the molecule is CN1C(=O)[C@@H](N)[C@H]2C[C@H]2c2nccnc21.CN1C(=O)[C@@H](NC(=O)c2nn(Cc3ccccc3F)cc2F)C2C[C@H]2c2nccnc21.CN1C(=O)[C@@H](NC(=O)c2nn(Cc3ccccc3F)cc2F)[C@H]2C[C@H]2c2nccnc21.CN1C(=O)[C@H](NC(=O)c2nn(Cc3ccccc3F)cc2F)[C@@H]2C[C@@H]2c2nccnc21.O=C(O)c1nn(Cc2ccccc2F)cc1F. The van der Waals surface area contributed by atoms with Crippen LogP contribution < -0.4 is 41.3 Å². The Morgan fingerprint density at radius 2 is 0.576 bits per heavy atom. The number of benzene rings is 4. The molecule has 6 N–H and O–H groups in total.